The van der Waals surface area contributed by atoms with Gasteiger partial charge in [0.1, 0.15) is 0 Å². The Morgan fingerprint density at radius 1 is 1.33 bits per heavy atom. The first-order valence-corrected chi connectivity index (χ1v) is 8.20. The highest BCUT2D eigenvalue weighted by molar-refractivity contribution is 7.99. The van der Waals surface area contributed by atoms with E-state index in [-0.39, 0.29) is 4.90 Å². The van der Waals surface area contributed by atoms with E-state index in [1.807, 2.05) is 13.0 Å². The SMILES string of the molecule is C=CCCSC/C=N/S(=O)(=O)c1ccc(C)cc1. The summed E-state index contributed by atoms with van der Waals surface area (Å²) in [6.45, 7) is 5.53. The van der Waals surface area contributed by atoms with E-state index in [0.717, 1.165) is 17.7 Å². The van der Waals surface area contributed by atoms with E-state index in [1.165, 1.54) is 6.21 Å². The van der Waals surface area contributed by atoms with Crippen molar-refractivity contribution in [1.29, 1.82) is 0 Å². The van der Waals surface area contributed by atoms with Gasteiger partial charge in [-0.05, 0) is 31.2 Å². The molecular weight excluding hydrogens is 266 g/mol. The van der Waals surface area contributed by atoms with Crippen molar-refractivity contribution in [2.75, 3.05) is 11.5 Å². The number of aryl methyl sites for hydroxylation is 1. The molecule has 1 aromatic carbocycles. The quantitative estimate of drug-likeness (QED) is 0.439. The van der Waals surface area contributed by atoms with Gasteiger partial charge in [-0.25, -0.2) is 0 Å². The highest BCUT2D eigenvalue weighted by atomic mass is 32.2. The number of hydrogen-bond acceptors (Lipinski definition) is 3. The lowest BCUT2D eigenvalue weighted by Crippen LogP contribution is -1.98. The minimum atomic E-state index is -3.53. The van der Waals surface area contributed by atoms with Crippen LogP contribution in [0.1, 0.15) is 12.0 Å². The lowest BCUT2D eigenvalue weighted by Gasteiger charge is -1.99. The summed E-state index contributed by atoms with van der Waals surface area (Å²) < 4.78 is 27.3. The Bertz CT molecular complexity index is 504. The molecule has 0 amide bonds. The molecule has 0 aliphatic heterocycles. The summed E-state index contributed by atoms with van der Waals surface area (Å²) in [6.07, 6.45) is 4.21. The number of thioether (sulfide) groups is 1. The minimum Gasteiger partial charge on any atom is -0.199 e. The second-order valence-corrected chi connectivity index (χ2v) is 6.51. The molecule has 0 saturated heterocycles. The molecule has 0 fully saturated rings. The minimum absolute atomic E-state index is 0.237. The van der Waals surface area contributed by atoms with Crippen molar-refractivity contribution in [2.45, 2.75) is 18.2 Å². The summed E-state index contributed by atoms with van der Waals surface area (Å²) in [4.78, 5) is 0.237. The Balaban J connectivity index is 2.56. The van der Waals surface area contributed by atoms with Gasteiger partial charge < -0.3 is 0 Å². The van der Waals surface area contributed by atoms with Gasteiger partial charge in [0.25, 0.3) is 10.0 Å². The first-order valence-electron chi connectivity index (χ1n) is 5.60. The lowest BCUT2D eigenvalue weighted by molar-refractivity contribution is 0.598. The van der Waals surface area contributed by atoms with Crippen LogP contribution in [-0.2, 0) is 10.0 Å². The van der Waals surface area contributed by atoms with E-state index in [0.29, 0.717) is 5.75 Å². The maximum atomic E-state index is 11.8. The molecule has 0 saturated carbocycles. The van der Waals surface area contributed by atoms with Gasteiger partial charge in [-0.1, -0.05) is 23.8 Å². The molecule has 0 unspecified atom stereocenters. The van der Waals surface area contributed by atoms with Crippen LogP contribution in [0.3, 0.4) is 0 Å². The van der Waals surface area contributed by atoms with Gasteiger partial charge in [0, 0.05) is 12.0 Å². The summed E-state index contributed by atoms with van der Waals surface area (Å²) in [6, 6.07) is 6.68. The smallest absolute Gasteiger partial charge is 0.199 e. The molecule has 0 aromatic heterocycles. The van der Waals surface area contributed by atoms with E-state index in [2.05, 4.69) is 11.0 Å². The molecule has 3 nitrogen and oxygen atoms in total. The standard InChI is InChI=1S/C13H17NO2S2/c1-3-4-10-17-11-9-14-18(15,16)13-7-5-12(2)6-8-13/h3,5-9H,1,4,10-11H2,2H3/b14-9+. The zero-order chi connectivity index (χ0) is 13.4. The van der Waals surface area contributed by atoms with Gasteiger partial charge in [0.15, 0.2) is 0 Å². The summed E-state index contributed by atoms with van der Waals surface area (Å²) in [5.41, 5.74) is 1.03. The molecule has 0 radical (unpaired) electrons. The number of benzene rings is 1. The van der Waals surface area contributed by atoms with Crippen LogP contribution < -0.4 is 0 Å². The number of nitrogens with zero attached hydrogens (tertiary/aromatic N) is 1. The maximum Gasteiger partial charge on any atom is 0.281 e. The molecule has 0 heterocycles. The van der Waals surface area contributed by atoms with Crippen molar-refractivity contribution in [1.82, 2.24) is 0 Å². The maximum absolute atomic E-state index is 11.8. The van der Waals surface area contributed by atoms with Crippen molar-refractivity contribution >= 4 is 28.0 Å². The molecule has 1 aromatic rings. The van der Waals surface area contributed by atoms with Gasteiger partial charge in [0.05, 0.1) is 4.90 Å². The van der Waals surface area contributed by atoms with Gasteiger partial charge in [-0.15, -0.1) is 6.58 Å². The largest absolute Gasteiger partial charge is 0.281 e. The molecule has 1 rings (SSSR count). The van der Waals surface area contributed by atoms with Gasteiger partial charge in [-0.3, -0.25) is 0 Å². The van der Waals surface area contributed by atoms with Crippen molar-refractivity contribution in [3.05, 3.63) is 42.5 Å². The first-order chi connectivity index (χ1) is 8.56. The third-order valence-corrected chi connectivity index (χ3v) is 4.39. The molecule has 0 N–H and O–H groups in total. The van der Waals surface area contributed by atoms with Crippen LogP contribution in [0.25, 0.3) is 0 Å². The van der Waals surface area contributed by atoms with Crippen LogP contribution in [0.4, 0.5) is 0 Å². The molecule has 0 bridgehead atoms. The second-order valence-electron chi connectivity index (χ2n) is 3.73. The fourth-order valence-corrected chi connectivity index (χ4v) is 2.85. The molecule has 0 spiro atoms. The Labute approximate surface area is 113 Å². The Hall–Kier alpha value is -1.07. The molecule has 18 heavy (non-hydrogen) atoms. The average Bonchev–Trinajstić information content (AvgIpc) is 2.34. The highest BCUT2D eigenvalue weighted by Crippen LogP contribution is 2.12. The zero-order valence-electron chi connectivity index (χ0n) is 10.4. The second kappa shape index (κ2) is 7.38. The number of rotatable bonds is 7. The van der Waals surface area contributed by atoms with Crippen LogP contribution in [0.5, 0.6) is 0 Å². The predicted octanol–water partition coefficient (Wildman–Crippen LogP) is 3.06. The lowest BCUT2D eigenvalue weighted by atomic mass is 10.2. The zero-order valence-corrected chi connectivity index (χ0v) is 12.0. The van der Waals surface area contributed by atoms with Gasteiger partial charge >= 0.3 is 0 Å². The predicted molar refractivity (Wildman–Crippen MR) is 79.0 cm³/mol. The topological polar surface area (TPSA) is 46.5 Å². The van der Waals surface area contributed by atoms with E-state index < -0.39 is 10.0 Å². The third-order valence-electron chi connectivity index (χ3n) is 2.19. The van der Waals surface area contributed by atoms with Gasteiger partial charge in [-0.2, -0.15) is 24.6 Å². The number of sulfonamides is 1. The Kier molecular flexibility index (Phi) is 6.15. The van der Waals surface area contributed by atoms with Crippen LogP contribution in [-0.4, -0.2) is 26.1 Å². The first kappa shape index (κ1) is 15.0. The molecular formula is C13H17NO2S2. The summed E-state index contributed by atoms with van der Waals surface area (Å²) in [7, 11) is -3.53. The van der Waals surface area contributed by atoms with Crippen molar-refractivity contribution in [3.8, 4) is 0 Å². The van der Waals surface area contributed by atoms with Gasteiger partial charge in [0.2, 0.25) is 0 Å². The van der Waals surface area contributed by atoms with Crippen molar-refractivity contribution in [2.24, 2.45) is 4.40 Å². The molecule has 0 atom stereocenters. The Morgan fingerprint density at radius 2 is 2.00 bits per heavy atom. The van der Waals surface area contributed by atoms with Crippen LogP contribution >= 0.6 is 11.8 Å². The summed E-state index contributed by atoms with van der Waals surface area (Å²) in [5.74, 6) is 1.53. The van der Waals surface area contributed by atoms with Crippen LogP contribution in [0.2, 0.25) is 0 Å². The summed E-state index contributed by atoms with van der Waals surface area (Å²) in [5, 5.41) is 0. The normalized spacial score (nSPS) is 11.8. The number of hydrogen-bond donors (Lipinski definition) is 0. The monoisotopic (exact) mass is 283 g/mol. The third kappa shape index (κ3) is 5.06. The van der Waals surface area contributed by atoms with E-state index in [4.69, 9.17) is 0 Å². The van der Waals surface area contributed by atoms with E-state index in [9.17, 15) is 8.42 Å². The molecule has 0 aliphatic carbocycles. The molecule has 98 valence electrons. The van der Waals surface area contributed by atoms with Crippen LogP contribution in [0.15, 0.2) is 46.2 Å². The van der Waals surface area contributed by atoms with Crippen LogP contribution in [0, 0.1) is 6.92 Å². The summed E-state index contributed by atoms with van der Waals surface area (Å²) >= 11 is 1.63. The van der Waals surface area contributed by atoms with Crippen molar-refractivity contribution < 1.29 is 8.42 Å². The highest BCUT2D eigenvalue weighted by Gasteiger charge is 2.10. The fourth-order valence-electron chi connectivity index (χ4n) is 1.20. The number of allylic oxidation sites excluding steroid dienone is 1. The average molecular weight is 283 g/mol. The van der Waals surface area contributed by atoms with E-state index >= 15 is 0 Å². The van der Waals surface area contributed by atoms with Crippen molar-refractivity contribution in [3.63, 3.8) is 0 Å². The van der Waals surface area contributed by atoms with E-state index in [1.54, 1.807) is 36.0 Å². The molecule has 0 aliphatic rings. The fraction of sp³-hybridized carbons (Fsp3) is 0.308. The molecule has 5 heteroatoms. The Morgan fingerprint density at radius 3 is 2.61 bits per heavy atom.